The predicted octanol–water partition coefficient (Wildman–Crippen LogP) is 16.9. The Morgan fingerprint density at radius 2 is 0.803 bits per heavy atom. The SMILES string of the molecule is c1ccc(-c2ccc(-c3nc(-c4ccc5c(c4)c4ccccc4n5-c4ccccc4)nc(-c4ccc5oc6cc7ccccc7cc6c5c4-n4c5ccccc5c5cc6ccccc6cc54)n3)cc2)cc1. The topological polar surface area (TPSA) is 61.7 Å². The molecule has 0 spiro atoms. The zero-order chi connectivity index (χ0) is 46.6. The van der Waals surface area contributed by atoms with Crippen LogP contribution in [0.4, 0.5) is 0 Å². The Hall–Kier alpha value is -9.65. The summed E-state index contributed by atoms with van der Waals surface area (Å²) in [6, 6.07) is 83.9. The summed E-state index contributed by atoms with van der Waals surface area (Å²) in [7, 11) is 0. The van der Waals surface area contributed by atoms with Gasteiger partial charge in [-0.05, 0) is 112 Å². The average molecular weight is 906 g/mol. The molecule has 6 nitrogen and oxygen atoms in total. The summed E-state index contributed by atoms with van der Waals surface area (Å²) in [4.78, 5) is 16.4. The molecule has 0 aliphatic heterocycles. The van der Waals surface area contributed by atoms with Crippen LogP contribution in [0, 0.1) is 0 Å². The van der Waals surface area contributed by atoms with E-state index in [4.69, 9.17) is 19.4 Å². The van der Waals surface area contributed by atoms with Gasteiger partial charge >= 0.3 is 0 Å². The first-order valence-electron chi connectivity index (χ1n) is 24.0. The molecule has 0 amide bonds. The Morgan fingerprint density at radius 1 is 0.296 bits per heavy atom. The van der Waals surface area contributed by atoms with E-state index in [1.807, 2.05) is 6.07 Å². The normalized spacial score (nSPS) is 11.9. The van der Waals surface area contributed by atoms with Crippen LogP contribution in [-0.4, -0.2) is 24.1 Å². The molecular weight excluding hydrogens is 867 g/mol. The van der Waals surface area contributed by atoms with E-state index in [9.17, 15) is 0 Å². The molecule has 0 saturated carbocycles. The number of nitrogens with zero attached hydrogens (tertiary/aromatic N) is 5. The zero-order valence-electron chi connectivity index (χ0n) is 38.2. The van der Waals surface area contributed by atoms with Crippen molar-refractivity contribution in [1.82, 2.24) is 24.1 Å². The fraction of sp³-hybridized carbons (Fsp3) is 0. The van der Waals surface area contributed by atoms with Crippen molar-refractivity contribution in [1.29, 1.82) is 0 Å². The van der Waals surface area contributed by atoms with E-state index in [0.717, 1.165) is 116 Å². The van der Waals surface area contributed by atoms with Crippen LogP contribution in [0.25, 0.3) is 144 Å². The fourth-order valence-electron chi connectivity index (χ4n) is 11.0. The summed E-state index contributed by atoms with van der Waals surface area (Å²) < 4.78 is 11.6. The molecule has 0 bridgehead atoms. The van der Waals surface area contributed by atoms with Crippen LogP contribution in [0.15, 0.2) is 241 Å². The largest absolute Gasteiger partial charge is 0.456 e. The second kappa shape index (κ2) is 15.4. The van der Waals surface area contributed by atoms with Crippen molar-refractivity contribution in [2.45, 2.75) is 0 Å². The van der Waals surface area contributed by atoms with Gasteiger partial charge in [0.1, 0.15) is 11.2 Å². The number of rotatable bonds is 6. The molecule has 0 radical (unpaired) electrons. The molecule has 0 saturated heterocycles. The Labute approximate surface area is 407 Å². The molecule has 11 aromatic carbocycles. The van der Waals surface area contributed by atoms with Gasteiger partial charge in [-0.3, -0.25) is 0 Å². The first-order chi connectivity index (χ1) is 35.2. The monoisotopic (exact) mass is 905 g/mol. The molecule has 0 unspecified atom stereocenters. The highest BCUT2D eigenvalue weighted by atomic mass is 16.3. The molecule has 71 heavy (non-hydrogen) atoms. The standard InChI is InChI=1S/C65H39N5O/c1-3-15-40(16-4-1)41-27-29-42(30-28-41)63-66-64(47-31-33-57-52(37-47)49-23-11-13-25-55(49)69(57)48-21-5-2-6-22-48)68-65(67-63)51-32-34-59-61(54-36-44-18-8-10-20-46(44)39-60(54)71-59)62(51)70-56-26-14-12-24-50(56)53-35-43-17-7-9-19-45(43)38-58(53)70/h1-39H. The molecule has 15 aromatic rings. The molecule has 0 aliphatic rings. The third-order valence-corrected chi connectivity index (χ3v) is 14.3. The van der Waals surface area contributed by atoms with Gasteiger partial charge in [-0.1, -0.05) is 158 Å². The first-order valence-corrected chi connectivity index (χ1v) is 24.0. The Morgan fingerprint density at radius 3 is 1.52 bits per heavy atom. The van der Waals surface area contributed by atoms with Crippen LogP contribution in [0.1, 0.15) is 0 Å². The van der Waals surface area contributed by atoms with Crippen LogP contribution < -0.4 is 0 Å². The summed E-state index contributed by atoms with van der Waals surface area (Å²) in [6.07, 6.45) is 0. The number of benzene rings is 11. The van der Waals surface area contributed by atoms with E-state index < -0.39 is 0 Å². The maximum atomic E-state index is 6.86. The van der Waals surface area contributed by atoms with Gasteiger partial charge in [-0.15, -0.1) is 0 Å². The van der Waals surface area contributed by atoms with Crippen LogP contribution in [0.3, 0.4) is 0 Å². The van der Waals surface area contributed by atoms with Crippen molar-refractivity contribution < 1.29 is 4.42 Å². The van der Waals surface area contributed by atoms with Gasteiger partial charge in [-0.2, -0.15) is 0 Å². The number of hydrogen-bond acceptors (Lipinski definition) is 4. The van der Waals surface area contributed by atoms with Gasteiger partial charge in [0.25, 0.3) is 0 Å². The van der Waals surface area contributed by atoms with Crippen molar-refractivity contribution in [3.05, 3.63) is 237 Å². The Balaban J connectivity index is 1.04. The fourth-order valence-corrected chi connectivity index (χ4v) is 11.0. The van der Waals surface area contributed by atoms with Crippen molar-refractivity contribution >= 4 is 87.1 Å². The molecule has 0 aliphatic carbocycles. The van der Waals surface area contributed by atoms with Gasteiger partial charge in [0.2, 0.25) is 0 Å². The van der Waals surface area contributed by atoms with Crippen LogP contribution >= 0.6 is 0 Å². The van der Waals surface area contributed by atoms with Gasteiger partial charge in [0, 0.05) is 49.3 Å². The summed E-state index contributed by atoms with van der Waals surface area (Å²) in [5, 5.41) is 11.2. The van der Waals surface area contributed by atoms with E-state index >= 15 is 0 Å². The summed E-state index contributed by atoms with van der Waals surface area (Å²) >= 11 is 0. The van der Waals surface area contributed by atoms with Crippen molar-refractivity contribution in [2.24, 2.45) is 0 Å². The minimum Gasteiger partial charge on any atom is -0.456 e. The van der Waals surface area contributed by atoms with Crippen LogP contribution in [0.2, 0.25) is 0 Å². The zero-order valence-corrected chi connectivity index (χ0v) is 38.2. The van der Waals surface area contributed by atoms with Gasteiger partial charge < -0.3 is 13.6 Å². The lowest BCUT2D eigenvalue weighted by Gasteiger charge is -2.16. The minimum atomic E-state index is 0.558. The number of para-hydroxylation sites is 3. The third-order valence-electron chi connectivity index (χ3n) is 14.3. The van der Waals surface area contributed by atoms with Crippen molar-refractivity contribution in [3.63, 3.8) is 0 Å². The van der Waals surface area contributed by atoms with Crippen molar-refractivity contribution in [3.8, 4) is 56.7 Å². The van der Waals surface area contributed by atoms with E-state index in [1.54, 1.807) is 0 Å². The highest BCUT2D eigenvalue weighted by molar-refractivity contribution is 6.19. The molecule has 4 aromatic heterocycles. The van der Waals surface area contributed by atoms with Crippen LogP contribution in [-0.2, 0) is 0 Å². The molecule has 6 heteroatoms. The lowest BCUT2D eigenvalue weighted by molar-refractivity contribution is 0.669. The maximum Gasteiger partial charge on any atom is 0.166 e. The van der Waals surface area contributed by atoms with Gasteiger partial charge in [0.05, 0.1) is 33.1 Å². The number of hydrogen-bond donors (Lipinski definition) is 0. The molecule has 15 rings (SSSR count). The third kappa shape index (κ3) is 6.18. The van der Waals surface area contributed by atoms with E-state index in [-0.39, 0.29) is 0 Å². The first kappa shape index (κ1) is 39.4. The second-order valence-electron chi connectivity index (χ2n) is 18.4. The van der Waals surface area contributed by atoms with Gasteiger partial charge in [0.15, 0.2) is 17.5 Å². The highest BCUT2D eigenvalue weighted by Gasteiger charge is 2.25. The molecule has 0 N–H and O–H groups in total. The average Bonchev–Trinajstić information content (AvgIpc) is 4.08. The van der Waals surface area contributed by atoms with Crippen molar-refractivity contribution in [2.75, 3.05) is 0 Å². The van der Waals surface area contributed by atoms with Crippen LogP contribution in [0.5, 0.6) is 0 Å². The number of aromatic nitrogens is 5. The molecule has 0 atom stereocenters. The second-order valence-corrected chi connectivity index (χ2v) is 18.4. The Kier molecular flexibility index (Phi) is 8.56. The van der Waals surface area contributed by atoms with E-state index in [0.29, 0.717) is 17.5 Å². The number of furan rings is 1. The summed E-state index contributed by atoms with van der Waals surface area (Å²) in [6.45, 7) is 0. The Bertz CT molecular complexity index is 4620. The molecule has 4 heterocycles. The maximum absolute atomic E-state index is 6.86. The molecule has 330 valence electrons. The molecule has 0 fully saturated rings. The number of fused-ring (bicyclic) bond motifs is 11. The highest BCUT2D eigenvalue weighted by Crippen LogP contribution is 2.45. The lowest BCUT2D eigenvalue weighted by Crippen LogP contribution is -2.04. The van der Waals surface area contributed by atoms with E-state index in [2.05, 4.69) is 240 Å². The quantitative estimate of drug-likeness (QED) is 0.167. The predicted molar refractivity (Wildman–Crippen MR) is 293 cm³/mol. The summed E-state index contributed by atoms with van der Waals surface area (Å²) in [5.41, 5.74) is 13.0. The summed E-state index contributed by atoms with van der Waals surface area (Å²) in [5.74, 6) is 1.72. The molecular formula is C65H39N5O. The van der Waals surface area contributed by atoms with Gasteiger partial charge in [-0.25, -0.2) is 15.0 Å². The lowest BCUT2D eigenvalue weighted by atomic mass is 10.0. The smallest absolute Gasteiger partial charge is 0.166 e. The van der Waals surface area contributed by atoms with E-state index in [1.165, 1.54) is 10.8 Å². The minimum absolute atomic E-state index is 0.558.